The molecule has 1 N–H and O–H groups in total. The average Bonchev–Trinajstić information content (AvgIpc) is 2.80. The van der Waals surface area contributed by atoms with Gasteiger partial charge in [-0.2, -0.15) is 0 Å². The molecule has 1 aromatic rings. The summed E-state index contributed by atoms with van der Waals surface area (Å²) in [5.41, 5.74) is 0.844. The zero-order valence-electron chi connectivity index (χ0n) is 15.6. The fraction of sp³-hybridized carbons (Fsp3) is 0.450. The highest BCUT2D eigenvalue weighted by Crippen LogP contribution is 2.39. The van der Waals surface area contributed by atoms with Gasteiger partial charge in [-0.25, -0.2) is 0 Å². The maximum Gasteiger partial charge on any atom is 0.308 e. The number of ketones is 1. The Morgan fingerprint density at radius 1 is 1.23 bits per heavy atom. The van der Waals surface area contributed by atoms with E-state index in [4.69, 9.17) is 4.74 Å². The Morgan fingerprint density at radius 3 is 2.35 bits per heavy atom. The molecule has 0 aromatic heterocycles. The van der Waals surface area contributed by atoms with Crippen LogP contribution in [0, 0.1) is 5.92 Å². The molecule has 1 aromatic carbocycles. The maximum atomic E-state index is 12.7. The van der Waals surface area contributed by atoms with Crippen molar-refractivity contribution >= 4 is 17.7 Å². The van der Waals surface area contributed by atoms with Crippen LogP contribution in [0.2, 0.25) is 0 Å². The number of rotatable bonds is 7. The van der Waals surface area contributed by atoms with Gasteiger partial charge in [-0.1, -0.05) is 32.9 Å². The maximum absolute atomic E-state index is 12.7. The smallest absolute Gasteiger partial charge is 0.308 e. The first-order chi connectivity index (χ1) is 12.3. The molecule has 1 amide bonds. The number of benzene rings is 1. The van der Waals surface area contributed by atoms with Gasteiger partial charge < -0.3 is 14.7 Å². The largest absolute Gasteiger partial charge is 0.503 e. The van der Waals surface area contributed by atoms with Gasteiger partial charge in [-0.15, -0.1) is 0 Å². The topological polar surface area (TPSA) is 83.9 Å². The predicted molar refractivity (Wildman–Crippen MR) is 96.6 cm³/mol. The summed E-state index contributed by atoms with van der Waals surface area (Å²) in [7, 11) is 0. The molecule has 6 heteroatoms. The lowest BCUT2D eigenvalue weighted by Crippen LogP contribution is -2.31. The third-order valence-corrected chi connectivity index (χ3v) is 4.12. The monoisotopic (exact) mass is 359 g/mol. The Hall–Kier alpha value is -2.63. The van der Waals surface area contributed by atoms with Gasteiger partial charge in [0.1, 0.15) is 5.75 Å². The van der Waals surface area contributed by atoms with Crippen molar-refractivity contribution < 1.29 is 24.2 Å². The highest BCUT2D eigenvalue weighted by molar-refractivity contribution is 6.09. The molecule has 1 aliphatic heterocycles. The molecule has 0 fully saturated rings. The summed E-state index contributed by atoms with van der Waals surface area (Å²) >= 11 is 0. The summed E-state index contributed by atoms with van der Waals surface area (Å²) < 4.78 is 5.03. The Labute approximate surface area is 153 Å². The van der Waals surface area contributed by atoms with Crippen LogP contribution in [0.3, 0.4) is 0 Å². The third kappa shape index (κ3) is 4.12. The molecule has 0 aliphatic carbocycles. The molecule has 0 saturated carbocycles. The number of Topliss-reactive ketones (excluding diaryl/α,β-unsaturated/α-hetero) is 1. The number of nitrogens with zero attached hydrogens (tertiary/aromatic N) is 1. The van der Waals surface area contributed by atoms with Crippen molar-refractivity contribution in [3.63, 3.8) is 0 Å². The van der Waals surface area contributed by atoms with E-state index in [1.807, 2.05) is 20.8 Å². The van der Waals surface area contributed by atoms with Crippen LogP contribution < -0.4 is 4.74 Å². The summed E-state index contributed by atoms with van der Waals surface area (Å²) in [5, 5.41) is 10.3. The molecule has 1 atom stereocenters. The Kier molecular flexibility index (Phi) is 6.18. The van der Waals surface area contributed by atoms with Crippen LogP contribution in [0.4, 0.5) is 0 Å². The fourth-order valence-electron chi connectivity index (χ4n) is 3.12. The summed E-state index contributed by atoms with van der Waals surface area (Å²) in [6.07, 6.45) is 0.960. The SMILES string of the molecule is CCCN1C(=O)C(O)=C(C(=O)CC(C)C)C1c1ccc(OC(C)=O)cc1. The van der Waals surface area contributed by atoms with Gasteiger partial charge in [-0.05, 0) is 30.0 Å². The van der Waals surface area contributed by atoms with Gasteiger partial charge in [0.05, 0.1) is 11.6 Å². The van der Waals surface area contributed by atoms with Gasteiger partial charge in [0.15, 0.2) is 11.5 Å². The predicted octanol–water partition coefficient (Wildman–Crippen LogP) is 3.33. The zero-order chi connectivity index (χ0) is 19.4. The summed E-state index contributed by atoms with van der Waals surface area (Å²) in [4.78, 5) is 37.8. The number of aliphatic hydroxyl groups is 1. The van der Waals surface area contributed by atoms with E-state index in [0.29, 0.717) is 24.3 Å². The van der Waals surface area contributed by atoms with E-state index in [1.54, 1.807) is 24.3 Å². The standard InChI is InChI=1S/C20H25NO5/c1-5-10-21-18(14-6-8-15(9-7-14)26-13(4)22)17(19(24)20(21)25)16(23)11-12(2)3/h6-9,12,18,24H,5,10-11H2,1-4H3. The van der Waals surface area contributed by atoms with Crippen molar-refractivity contribution in [3.8, 4) is 5.75 Å². The minimum Gasteiger partial charge on any atom is -0.503 e. The number of carbonyl (C=O) groups excluding carboxylic acids is 3. The molecule has 0 bridgehead atoms. The molecule has 0 saturated heterocycles. The Morgan fingerprint density at radius 2 is 1.85 bits per heavy atom. The summed E-state index contributed by atoms with van der Waals surface area (Å²) in [6, 6.07) is 6.02. The second kappa shape index (κ2) is 8.17. The van der Waals surface area contributed by atoms with Gasteiger partial charge in [-0.3, -0.25) is 14.4 Å². The van der Waals surface area contributed by atoms with E-state index in [2.05, 4.69) is 0 Å². The fourth-order valence-corrected chi connectivity index (χ4v) is 3.12. The molecule has 1 heterocycles. The average molecular weight is 359 g/mol. The van der Waals surface area contributed by atoms with Crippen LogP contribution in [0.5, 0.6) is 5.75 Å². The van der Waals surface area contributed by atoms with Crippen molar-refractivity contribution in [2.24, 2.45) is 5.92 Å². The quantitative estimate of drug-likeness (QED) is 0.596. The minimum absolute atomic E-state index is 0.116. The molecule has 1 unspecified atom stereocenters. The van der Waals surface area contributed by atoms with E-state index in [-0.39, 0.29) is 23.7 Å². The van der Waals surface area contributed by atoms with Crippen LogP contribution in [0.1, 0.15) is 52.1 Å². The van der Waals surface area contributed by atoms with Crippen molar-refractivity contribution in [1.82, 2.24) is 4.90 Å². The van der Waals surface area contributed by atoms with Crippen LogP contribution >= 0.6 is 0 Å². The molecule has 26 heavy (non-hydrogen) atoms. The molecule has 2 rings (SSSR count). The van der Waals surface area contributed by atoms with Crippen LogP contribution in [-0.2, 0) is 14.4 Å². The van der Waals surface area contributed by atoms with Crippen LogP contribution in [0.15, 0.2) is 35.6 Å². The van der Waals surface area contributed by atoms with E-state index < -0.39 is 23.7 Å². The molecule has 0 radical (unpaired) electrons. The Bertz CT molecular complexity index is 733. The second-order valence-corrected chi connectivity index (χ2v) is 6.85. The molecule has 6 nitrogen and oxygen atoms in total. The first kappa shape index (κ1) is 19.7. The molecular formula is C20H25NO5. The third-order valence-electron chi connectivity index (χ3n) is 4.12. The number of aliphatic hydroxyl groups excluding tert-OH is 1. The molecule has 140 valence electrons. The van der Waals surface area contributed by atoms with E-state index in [9.17, 15) is 19.5 Å². The number of ether oxygens (including phenoxy) is 1. The number of carbonyl (C=O) groups is 3. The van der Waals surface area contributed by atoms with Crippen molar-refractivity contribution in [1.29, 1.82) is 0 Å². The van der Waals surface area contributed by atoms with E-state index >= 15 is 0 Å². The second-order valence-electron chi connectivity index (χ2n) is 6.85. The van der Waals surface area contributed by atoms with Gasteiger partial charge in [0.25, 0.3) is 5.91 Å². The summed E-state index contributed by atoms with van der Waals surface area (Å²) in [6.45, 7) is 7.50. The van der Waals surface area contributed by atoms with Crippen LogP contribution in [-0.4, -0.2) is 34.2 Å². The Balaban J connectivity index is 2.43. The zero-order valence-corrected chi connectivity index (χ0v) is 15.6. The highest BCUT2D eigenvalue weighted by Gasteiger charge is 2.42. The minimum atomic E-state index is -0.625. The van der Waals surface area contributed by atoms with E-state index in [0.717, 1.165) is 0 Å². The first-order valence-corrected chi connectivity index (χ1v) is 8.81. The molecule has 0 spiro atoms. The number of hydrogen-bond donors (Lipinski definition) is 1. The van der Waals surface area contributed by atoms with Gasteiger partial charge in [0.2, 0.25) is 0 Å². The van der Waals surface area contributed by atoms with Crippen LogP contribution in [0.25, 0.3) is 0 Å². The van der Waals surface area contributed by atoms with E-state index in [1.165, 1.54) is 11.8 Å². The first-order valence-electron chi connectivity index (χ1n) is 8.81. The molecule has 1 aliphatic rings. The van der Waals surface area contributed by atoms with Crippen molar-refractivity contribution in [3.05, 3.63) is 41.2 Å². The van der Waals surface area contributed by atoms with Crippen molar-refractivity contribution in [2.75, 3.05) is 6.54 Å². The normalized spacial score (nSPS) is 17.2. The molecular weight excluding hydrogens is 334 g/mol. The summed E-state index contributed by atoms with van der Waals surface area (Å²) in [5.74, 6) is -1.13. The number of hydrogen-bond acceptors (Lipinski definition) is 5. The highest BCUT2D eigenvalue weighted by atomic mass is 16.5. The lowest BCUT2D eigenvalue weighted by atomic mass is 9.92. The van der Waals surface area contributed by atoms with Gasteiger partial charge in [0, 0.05) is 19.9 Å². The van der Waals surface area contributed by atoms with Crippen molar-refractivity contribution in [2.45, 2.75) is 46.6 Å². The lowest BCUT2D eigenvalue weighted by Gasteiger charge is -2.26. The van der Waals surface area contributed by atoms with Gasteiger partial charge >= 0.3 is 5.97 Å². The number of amides is 1. The lowest BCUT2D eigenvalue weighted by molar-refractivity contribution is -0.132. The number of esters is 1.